The maximum absolute atomic E-state index is 11.5. The molecule has 0 aliphatic heterocycles. The zero-order valence-electron chi connectivity index (χ0n) is 18.3. The summed E-state index contributed by atoms with van der Waals surface area (Å²) in [6, 6.07) is 2.09. The van der Waals surface area contributed by atoms with Gasteiger partial charge < -0.3 is 20.1 Å². The second-order valence-electron chi connectivity index (χ2n) is 8.74. The molecule has 30 heavy (non-hydrogen) atoms. The Balaban J connectivity index is 1.69. The van der Waals surface area contributed by atoms with E-state index in [1.165, 1.54) is 5.56 Å². The summed E-state index contributed by atoms with van der Waals surface area (Å²) in [7, 11) is 0. The maximum Gasteiger partial charge on any atom is 0.306 e. The van der Waals surface area contributed by atoms with Gasteiger partial charge in [-0.3, -0.25) is 4.79 Å². The van der Waals surface area contributed by atoms with Crippen LogP contribution in [0.4, 0.5) is 0 Å². The molecule has 5 atom stereocenters. The molecule has 1 aromatic rings. The van der Waals surface area contributed by atoms with Crippen LogP contribution in [0.2, 0.25) is 0 Å². The van der Waals surface area contributed by atoms with Crippen LogP contribution in [0.3, 0.4) is 0 Å². The van der Waals surface area contributed by atoms with E-state index in [1.54, 1.807) is 11.3 Å². The van der Waals surface area contributed by atoms with Crippen molar-refractivity contribution in [3.8, 4) is 0 Å². The molecule has 3 unspecified atom stereocenters. The summed E-state index contributed by atoms with van der Waals surface area (Å²) in [4.78, 5) is 11.5. The van der Waals surface area contributed by atoms with Crippen molar-refractivity contribution in [3.05, 3.63) is 34.5 Å². The lowest BCUT2D eigenvalue weighted by atomic mass is 9.85. The molecule has 5 nitrogen and oxygen atoms in total. The van der Waals surface area contributed by atoms with Crippen molar-refractivity contribution < 1.29 is 24.9 Å². The van der Waals surface area contributed by atoms with Crippen LogP contribution in [-0.4, -0.2) is 45.7 Å². The third-order valence-corrected chi connectivity index (χ3v) is 6.63. The normalized spacial score (nSPS) is 25.3. The molecule has 0 amide bonds. The van der Waals surface area contributed by atoms with Crippen LogP contribution in [0.1, 0.15) is 70.8 Å². The number of ether oxygens (including phenoxy) is 1. The predicted octanol–water partition coefficient (Wildman–Crippen LogP) is 4.25. The Morgan fingerprint density at radius 2 is 2.00 bits per heavy atom. The summed E-state index contributed by atoms with van der Waals surface area (Å²) in [5, 5.41) is 35.2. The molecular formula is C24H38O5S. The molecule has 1 fully saturated rings. The first kappa shape index (κ1) is 25.1. The predicted molar refractivity (Wildman–Crippen MR) is 120 cm³/mol. The molecule has 3 N–H and O–H groups in total. The van der Waals surface area contributed by atoms with Gasteiger partial charge >= 0.3 is 5.97 Å². The number of esters is 1. The van der Waals surface area contributed by atoms with Gasteiger partial charge in [-0.25, -0.2) is 0 Å². The first-order valence-corrected chi connectivity index (χ1v) is 12.2. The number of thiophene rings is 1. The largest absolute Gasteiger partial charge is 0.463 e. The molecule has 1 aliphatic rings. The molecule has 1 aromatic heterocycles. The lowest BCUT2D eigenvalue weighted by Gasteiger charge is -2.23. The lowest BCUT2D eigenvalue weighted by Crippen LogP contribution is -2.23. The van der Waals surface area contributed by atoms with Gasteiger partial charge in [-0.1, -0.05) is 12.2 Å². The van der Waals surface area contributed by atoms with Crippen molar-refractivity contribution in [2.24, 2.45) is 11.8 Å². The van der Waals surface area contributed by atoms with Crippen LogP contribution in [0.5, 0.6) is 0 Å². The Morgan fingerprint density at radius 3 is 2.70 bits per heavy atom. The third-order valence-electron chi connectivity index (χ3n) is 5.89. The number of carbonyl (C=O) groups excluding carboxylic acids is 1. The summed E-state index contributed by atoms with van der Waals surface area (Å²) in [5.74, 6) is -0.127. The average Bonchev–Trinajstić information content (AvgIpc) is 3.28. The fraction of sp³-hybridized carbons (Fsp3) is 0.708. The average molecular weight is 439 g/mol. The number of carbonyl (C=O) groups is 1. The van der Waals surface area contributed by atoms with E-state index >= 15 is 0 Å². The SMILES string of the molecule is CC(C)OC(=O)CCCC=CC[C@H]1C(O)CC(O)[C@@H]1CCC(O)CCc1ccsc1. The first-order chi connectivity index (χ1) is 14.4. The van der Waals surface area contributed by atoms with E-state index in [2.05, 4.69) is 17.5 Å². The van der Waals surface area contributed by atoms with Crippen molar-refractivity contribution in [1.82, 2.24) is 0 Å². The van der Waals surface area contributed by atoms with E-state index in [4.69, 9.17) is 4.74 Å². The Bertz CT molecular complexity index is 628. The summed E-state index contributed by atoms with van der Waals surface area (Å²) < 4.78 is 5.12. The molecule has 6 heteroatoms. The number of rotatable bonds is 13. The van der Waals surface area contributed by atoms with Crippen LogP contribution in [0.25, 0.3) is 0 Å². The van der Waals surface area contributed by atoms with E-state index in [1.807, 2.05) is 25.3 Å². The van der Waals surface area contributed by atoms with Gasteiger partial charge in [0.25, 0.3) is 0 Å². The number of aryl methyl sites for hydroxylation is 1. The van der Waals surface area contributed by atoms with Crippen molar-refractivity contribution in [2.45, 2.75) is 96.1 Å². The fourth-order valence-corrected chi connectivity index (χ4v) is 4.96. The van der Waals surface area contributed by atoms with Crippen LogP contribution < -0.4 is 0 Å². The fourth-order valence-electron chi connectivity index (χ4n) is 4.26. The van der Waals surface area contributed by atoms with Crippen molar-refractivity contribution >= 4 is 17.3 Å². The number of hydrogen-bond acceptors (Lipinski definition) is 6. The highest BCUT2D eigenvalue weighted by molar-refractivity contribution is 7.07. The summed E-state index contributed by atoms with van der Waals surface area (Å²) >= 11 is 1.67. The van der Waals surface area contributed by atoms with Gasteiger partial charge in [0, 0.05) is 6.42 Å². The zero-order chi connectivity index (χ0) is 21.9. The molecule has 0 bridgehead atoms. The zero-order valence-corrected chi connectivity index (χ0v) is 19.1. The summed E-state index contributed by atoms with van der Waals surface area (Å²) in [6.07, 6.45) is 8.70. The monoisotopic (exact) mass is 438 g/mol. The quantitative estimate of drug-likeness (QED) is 0.243. The molecule has 2 rings (SSSR count). The van der Waals surface area contributed by atoms with Crippen molar-refractivity contribution in [2.75, 3.05) is 0 Å². The van der Waals surface area contributed by atoms with Gasteiger partial charge in [-0.15, -0.1) is 0 Å². The molecule has 0 saturated heterocycles. The van der Waals surface area contributed by atoms with Crippen molar-refractivity contribution in [1.29, 1.82) is 0 Å². The van der Waals surface area contributed by atoms with E-state index in [-0.39, 0.29) is 30.0 Å². The van der Waals surface area contributed by atoms with Gasteiger partial charge in [0.1, 0.15) is 0 Å². The highest BCUT2D eigenvalue weighted by atomic mass is 32.1. The van der Waals surface area contributed by atoms with E-state index in [0.717, 1.165) is 32.1 Å². The van der Waals surface area contributed by atoms with Crippen LogP contribution in [-0.2, 0) is 16.0 Å². The first-order valence-electron chi connectivity index (χ1n) is 11.3. The molecular weight excluding hydrogens is 400 g/mol. The Labute approximate surface area is 184 Å². The lowest BCUT2D eigenvalue weighted by molar-refractivity contribution is -0.147. The second kappa shape index (κ2) is 13.3. The van der Waals surface area contributed by atoms with Gasteiger partial charge in [0.05, 0.1) is 24.4 Å². The van der Waals surface area contributed by atoms with Crippen molar-refractivity contribution in [3.63, 3.8) is 0 Å². The summed E-state index contributed by atoms with van der Waals surface area (Å²) in [6.45, 7) is 3.69. The highest BCUT2D eigenvalue weighted by Gasteiger charge is 2.40. The van der Waals surface area contributed by atoms with Gasteiger partial charge in [0.2, 0.25) is 0 Å². The number of allylic oxidation sites excluding steroid dienone is 2. The molecule has 0 aromatic carbocycles. The minimum atomic E-state index is -0.506. The van der Waals surface area contributed by atoms with Gasteiger partial charge in [-0.05, 0) is 99.4 Å². The number of hydrogen-bond donors (Lipinski definition) is 3. The smallest absolute Gasteiger partial charge is 0.306 e. The maximum atomic E-state index is 11.5. The molecule has 1 aliphatic carbocycles. The Kier molecular flexibility index (Phi) is 11.1. The number of unbranched alkanes of at least 4 members (excludes halogenated alkanes) is 1. The van der Waals surface area contributed by atoms with Crippen LogP contribution in [0.15, 0.2) is 29.0 Å². The van der Waals surface area contributed by atoms with E-state index in [0.29, 0.717) is 25.7 Å². The standard InChI is InChI=1S/C24H38O5S/c1-17(2)29-24(28)8-6-4-3-5-7-20-21(23(27)15-22(20)26)12-11-19(25)10-9-18-13-14-30-16-18/h3,5,13-14,16-17,19-23,25-27H,4,6-12,15H2,1-2H3/t19?,20-,21-,22?,23?/m1/s1. The number of aliphatic hydroxyl groups is 3. The number of aliphatic hydroxyl groups excluding tert-OH is 3. The minimum absolute atomic E-state index is 0.0152. The van der Waals surface area contributed by atoms with Crippen LogP contribution >= 0.6 is 11.3 Å². The topological polar surface area (TPSA) is 87.0 Å². The van der Waals surface area contributed by atoms with Gasteiger partial charge in [0.15, 0.2) is 0 Å². The third kappa shape index (κ3) is 8.88. The van der Waals surface area contributed by atoms with Crippen LogP contribution in [0, 0.1) is 11.8 Å². The highest BCUT2D eigenvalue weighted by Crippen LogP contribution is 2.38. The molecule has 1 heterocycles. The molecule has 0 spiro atoms. The van der Waals surface area contributed by atoms with Gasteiger partial charge in [-0.2, -0.15) is 11.3 Å². The molecule has 0 radical (unpaired) electrons. The Morgan fingerprint density at radius 1 is 1.23 bits per heavy atom. The van der Waals surface area contributed by atoms with E-state index < -0.39 is 12.2 Å². The minimum Gasteiger partial charge on any atom is -0.463 e. The molecule has 170 valence electrons. The van der Waals surface area contributed by atoms with E-state index in [9.17, 15) is 20.1 Å². The second-order valence-corrected chi connectivity index (χ2v) is 9.52. The Hall–Kier alpha value is -1.21. The summed E-state index contributed by atoms with van der Waals surface area (Å²) in [5.41, 5.74) is 1.26. The molecule has 1 saturated carbocycles.